The summed E-state index contributed by atoms with van der Waals surface area (Å²) < 4.78 is 68.6. The van der Waals surface area contributed by atoms with Crippen molar-refractivity contribution in [3.05, 3.63) is 36.4 Å². The van der Waals surface area contributed by atoms with Crippen LogP contribution in [0.4, 0.5) is 22.7 Å². The standard InChI is InChI=1S/C22H29N3O9S2/c1-15(22(26)27)24(2)16-5-7-18-20(13-16)34-21-14-17(6-8-19(21)23-18)25(9-3-11-35(28,29)30)10-4-12-36(31,32)33/h5-8,13-15,23H,3-4,9-12H2,1-2H3,(H,26,27)(H,28,29,30)(H,31,32,33). The van der Waals surface area contributed by atoms with E-state index >= 15 is 0 Å². The average Bonchev–Trinajstić information content (AvgIpc) is 2.78. The molecule has 1 heterocycles. The van der Waals surface area contributed by atoms with Crippen LogP contribution in [-0.2, 0) is 25.0 Å². The molecule has 1 aliphatic heterocycles. The third-order valence-corrected chi connectivity index (χ3v) is 7.40. The SMILES string of the molecule is CC(C(=O)O)N(C)c1ccc2c(c1)Oc1cc(N(CCCS(=O)(=O)O)CCCS(=O)(=O)O)ccc1N2. The van der Waals surface area contributed by atoms with E-state index in [1.165, 1.54) is 0 Å². The summed E-state index contributed by atoms with van der Waals surface area (Å²) in [7, 11) is -6.64. The van der Waals surface area contributed by atoms with Crippen LogP contribution < -0.4 is 19.9 Å². The Bertz CT molecular complexity index is 1290. The minimum atomic E-state index is -4.15. The largest absolute Gasteiger partial charge is 0.480 e. The minimum Gasteiger partial charge on any atom is -0.480 e. The number of ether oxygens (including phenoxy) is 1. The van der Waals surface area contributed by atoms with E-state index in [0.29, 0.717) is 34.2 Å². The highest BCUT2D eigenvalue weighted by Gasteiger charge is 2.22. The van der Waals surface area contributed by atoms with Crippen LogP contribution in [0, 0.1) is 0 Å². The van der Waals surface area contributed by atoms with Crippen LogP contribution in [0.2, 0.25) is 0 Å². The smallest absolute Gasteiger partial charge is 0.326 e. The number of carboxylic acid groups (broad SMARTS) is 1. The second-order valence-electron chi connectivity index (χ2n) is 8.48. The summed E-state index contributed by atoms with van der Waals surface area (Å²) in [6.07, 6.45) is 0.197. The lowest BCUT2D eigenvalue weighted by molar-refractivity contribution is -0.138. The maximum atomic E-state index is 11.3. The van der Waals surface area contributed by atoms with Gasteiger partial charge in [-0.15, -0.1) is 0 Å². The molecule has 2 aromatic rings. The average molecular weight is 544 g/mol. The van der Waals surface area contributed by atoms with Crippen LogP contribution in [0.3, 0.4) is 0 Å². The summed E-state index contributed by atoms with van der Waals surface area (Å²) in [4.78, 5) is 14.7. The molecule has 0 aliphatic carbocycles. The van der Waals surface area contributed by atoms with Gasteiger partial charge in [0.1, 0.15) is 6.04 Å². The van der Waals surface area contributed by atoms with E-state index in [1.807, 2.05) is 0 Å². The molecule has 0 amide bonds. The van der Waals surface area contributed by atoms with Gasteiger partial charge in [-0.3, -0.25) is 9.11 Å². The van der Waals surface area contributed by atoms with Crippen molar-refractivity contribution in [2.24, 2.45) is 0 Å². The number of nitrogens with one attached hydrogen (secondary N) is 1. The number of hydrogen-bond donors (Lipinski definition) is 4. The number of fused-ring (bicyclic) bond motifs is 2. The number of carbonyl (C=O) groups is 1. The van der Waals surface area contributed by atoms with Crippen molar-refractivity contribution in [3.8, 4) is 11.5 Å². The zero-order chi connectivity index (χ0) is 26.7. The number of hydrogen-bond acceptors (Lipinski definition) is 9. The fourth-order valence-electron chi connectivity index (χ4n) is 3.71. The van der Waals surface area contributed by atoms with E-state index in [0.717, 1.165) is 0 Å². The molecule has 198 valence electrons. The highest BCUT2D eigenvalue weighted by molar-refractivity contribution is 7.86. The van der Waals surface area contributed by atoms with Crippen molar-refractivity contribution in [1.29, 1.82) is 0 Å². The van der Waals surface area contributed by atoms with Crippen molar-refractivity contribution in [2.75, 3.05) is 46.8 Å². The zero-order valence-corrected chi connectivity index (χ0v) is 21.4. The first-order valence-corrected chi connectivity index (χ1v) is 14.3. The summed E-state index contributed by atoms with van der Waals surface area (Å²) in [5.41, 5.74) is 2.62. The summed E-state index contributed by atoms with van der Waals surface area (Å²) >= 11 is 0. The molecule has 12 nitrogen and oxygen atoms in total. The van der Waals surface area contributed by atoms with Gasteiger partial charge >= 0.3 is 5.97 Å². The normalized spacial score (nSPS) is 13.6. The van der Waals surface area contributed by atoms with Crippen molar-refractivity contribution >= 4 is 49.0 Å². The summed E-state index contributed by atoms with van der Waals surface area (Å²) in [6.45, 7) is 1.98. The first-order chi connectivity index (χ1) is 16.7. The topological polar surface area (TPSA) is 174 Å². The Balaban J connectivity index is 1.82. The van der Waals surface area contributed by atoms with Gasteiger partial charge in [-0.1, -0.05) is 0 Å². The molecule has 0 bridgehead atoms. The van der Waals surface area contributed by atoms with Crippen LogP contribution in [0.15, 0.2) is 36.4 Å². The first-order valence-electron chi connectivity index (χ1n) is 11.1. The Kier molecular flexibility index (Phi) is 8.33. The summed E-state index contributed by atoms with van der Waals surface area (Å²) in [5.74, 6) is -0.939. The van der Waals surface area contributed by atoms with Crippen molar-refractivity contribution in [1.82, 2.24) is 0 Å². The number of benzene rings is 2. The number of anilines is 4. The Labute approximate surface area is 210 Å². The third-order valence-electron chi connectivity index (χ3n) is 5.79. The van der Waals surface area contributed by atoms with Crippen LogP contribution in [0.5, 0.6) is 11.5 Å². The molecular weight excluding hydrogens is 514 g/mol. The molecule has 0 fully saturated rings. The number of rotatable bonds is 12. The molecule has 1 unspecified atom stereocenters. The molecule has 3 rings (SSSR count). The number of likely N-dealkylation sites (N-methyl/N-ethyl adjacent to an activating group) is 1. The highest BCUT2D eigenvalue weighted by atomic mass is 32.2. The molecule has 1 aliphatic rings. The quantitative estimate of drug-likeness (QED) is 0.246. The maximum Gasteiger partial charge on any atom is 0.326 e. The minimum absolute atomic E-state index is 0.0984. The number of nitrogens with zero attached hydrogens (tertiary/aromatic N) is 2. The van der Waals surface area contributed by atoms with Crippen LogP contribution in [0.25, 0.3) is 0 Å². The Morgan fingerprint density at radius 3 is 1.86 bits per heavy atom. The van der Waals surface area contributed by atoms with Gasteiger partial charge in [0.25, 0.3) is 20.2 Å². The second kappa shape index (κ2) is 10.9. The van der Waals surface area contributed by atoms with Crippen molar-refractivity contribution in [3.63, 3.8) is 0 Å². The maximum absolute atomic E-state index is 11.3. The molecule has 0 saturated carbocycles. The van der Waals surface area contributed by atoms with E-state index in [-0.39, 0.29) is 25.9 Å². The van der Waals surface area contributed by atoms with Gasteiger partial charge in [0.2, 0.25) is 0 Å². The zero-order valence-electron chi connectivity index (χ0n) is 19.8. The number of aliphatic carboxylic acids is 1. The molecule has 14 heteroatoms. The fourth-order valence-corrected chi connectivity index (χ4v) is 4.70. The fraction of sp³-hybridized carbons (Fsp3) is 0.409. The third kappa shape index (κ3) is 7.46. The molecule has 4 N–H and O–H groups in total. The molecule has 0 aromatic heterocycles. The van der Waals surface area contributed by atoms with E-state index in [4.69, 9.17) is 13.8 Å². The lowest BCUT2D eigenvalue weighted by Gasteiger charge is -2.29. The highest BCUT2D eigenvalue weighted by Crippen LogP contribution is 2.45. The lowest BCUT2D eigenvalue weighted by Crippen LogP contribution is -2.35. The van der Waals surface area contributed by atoms with Gasteiger partial charge in [-0.05, 0) is 44.0 Å². The molecule has 0 radical (unpaired) electrons. The monoisotopic (exact) mass is 543 g/mol. The molecule has 36 heavy (non-hydrogen) atoms. The van der Waals surface area contributed by atoms with Gasteiger partial charge < -0.3 is 25.0 Å². The number of carboxylic acids is 1. The predicted octanol–water partition coefficient (Wildman–Crippen LogP) is 2.81. The first kappa shape index (κ1) is 27.5. The van der Waals surface area contributed by atoms with Crippen LogP contribution in [-0.4, -0.2) is 74.7 Å². The molecule has 0 spiro atoms. The van der Waals surface area contributed by atoms with Gasteiger partial charge in [0.05, 0.1) is 22.9 Å². The Morgan fingerprint density at radius 1 is 0.917 bits per heavy atom. The van der Waals surface area contributed by atoms with E-state index in [2.05, 4.69) is 5.32 Å². The molecule has 2 aromatic carbocycles. The van der Waals surface area contributed by atoms with Crippen molar-refractivity contribution < 1.29 is 40.6 Å². The second-order valence-corrected chi connectivity index (χ2v) is 11.6. The van der Waals surface area contributed by atoms with Crippen LogP contribution >= 0.6 is 0 Å². The van der Waals surface area contributed by atoms with Gasteiger partial charge in [0.15, 0.2) is 11.5 Å². The lowest BCUT2D eigenvalue weighted by atomic mass is 10.1. The molecular formula is C22H29N3O9S2. The Morgan fingerprint density at radius 2 is 1.39 bits per heavy atom. The summed E-state index contributed by atoms with van der Waals surface area (Å²) in [6, 6.07) is 9.76. The summed E-state index contributed by atoms with van der Waals surface area (Å²) in [5, 5.41) is 12.5. The van der Waals surface area contributed by atoms with Crippen LogP contribution in [0.1, 0.15) is 19.8 Å². The van der Waals surface area contributed by atoms with E-state index in [9.17, 15) is 26.7 Å². The van der Waals surface area contributed by atoms with E-state index < -0.39 is 43.8 Å². The van der Waals surface area contributed by atoms with Gasteiger partial charge in [-0.2, -0.15) is 16.8 Å². The van der Waals surface area contributed by atoms with Gasteiger partial charge in [0, 0.05) is 43.6 Å². The predicted molar refractivity (Wildman–Crippen MR) is 136 cm³/mol. The molecule has 1 atom stereocenters. The van der Waals surface area contributed by atoms with E-state index in [1.54, 1.807) is 60.2 Å². The Hall–Kier alpha value is -3.07. The van der Waals surface area contributed by atoms with Gasteiger partial charge in [-0.25, -0.2) is 4.79 Å². The van der Waals surface area contributed by atoms with Crippen molar-refractivity contribution in [2.45, 2.75) is 25.8 Å². The molecule has 0 saturated heterocycles.